The van der Waals surface area contributed by atoms with Crippen molar-refractivity contribution < 1.29 is 45.5 Å². The number of aromatic nitrogens is 2. The molecule has 0 saturated carbocycles. The second-order valence-corrected chi connectivity index (χ2v) is 8.57. The molecule has 0 bridgehead atoms. The van der Waals surface area contributed by atoms with E-state index in [1.54, 1.807) is 0 Å². The zero-order valence-corrected chi connectivity index (χ0v) is 17.8. The fourth-order valence-corrected chi connectivity index (χ4v) is 1.62. The van der Waals surface area contributed by atoms with Crippen molar-refractivity contribution in [3.63, 3.8) is 0 Å². The van der Waals surface area contributed by atoms with Gasteiger partial charge in [0.05, 0.1) is 32.7 Å². The maximum absolute atomic E-state index is 9.44. The Morgan fingerprint density at radius 1 is 0.867 bits per heavy atom. The van der Waals surface area contributed by atoms with Gasteiger partial charge in [0.1, 0.15) is 0 Å². The zero-order valence-electron chi connectivity index (χ0n) is 16.1. The Balaban J connectivity index is 0.000000634. The Morgan fingerprint density at radius 2 is 1.13 bits per heavy atom. The summed E-state index contributed by atoms with van der Waals surface area (Å²) in [4.78, 5) is 0. The SMILES string of the molecule is CCS(=O)(=O)[O-].CS(=O)(=O)[O-].O/N=C/c1cc[n+](C[n+]2ccc(/C=N/O)cc2)cc1. The third-order valence-electron chi connectivity index (χ3n) is 2.93. The van der Waals surface area contributed by atoms with Crippen molar-refractivity contribution in [2.75, 3.05) is 12.0 Å². The first kappa shape index (κ1) is 27.1. The fourth-order valence-electron chi connectivity index (χ4n) is 1.62. The molecule has 30 heavy (non-hydrogen) atoms. The Labute approximate surface area is 174 Å². The van der Waals surface area contributed by atoms with Gasteiger partial charge in [0.25, 0.3) is 0 Å². The van der Waals surface area contributed by atoms with Crippen molar-refractivity contribution in [1.82, 2.24) is 0 Å². The molecule has 2 rings (SSSR count). The number of nitrogens with zero attached hydrogens (tertiary/aromatic N) is 4. The van der Waals surface area contributed by atoms with Gasteiger partial charge >= 0.3 is 6.67 Å². The molecule has 2 aromatic rings. The van der Waals surface area contributed by atoms with Gasteiger partial charge in [-0.15, -0.1) is 9.13 Å². The molecule has 0 aromatic carbocycles. The summed E-state index contributed by atoms with van der Waals surface area (Å²) in [5.41, 5.74) is 1.66. The van der Waals surface area contributed by atoms with Gasteiger partial charge in [0.2, 0.25) is 0 Å². The van der Waals surface area contributed by atoms with Crippen molar-refractivity contribution in [3.05, 3.63) is 60.2 Å². The average molecular weight is 463 g/mol. The summed E-state index contributed by atoms with van der Waals surface area (Å²) in [6.07, 6.45) is 10.9. The van der Waals surface area contributed by atoms with Crippen LogP contribution in [-0.2, 0) is 26.9 Å². The normalized spacial score (nSPS) is 11.5. The van der Waals surface area contributed by atoms with E-state index in [2.05, 4.69) is 10.3 Å². The van der Waals surface area contributed by atoms with Crippen LogP contribution in [0.25, 0.3) is 0 Å². The molecule has 0 aliphatic carbocycles. The molecule has 0 amide bonds. The summed E-state index contributed by atoms with van der Waals surface area (Å²) >= 11 is 0. The summed E-state index contributed by atoms with van der Waals surface area (Å²) in [6.45, 7) is 1.97. The van der Waals surface area contributed by atoms with Crippen molar-refractivity contribution >= 4 is 32.7 Å². The second-order valence-electron chi connectivity index (χ2n) is 5.47. The molecule has 14 heteroatoms. The molecule has 0 saturated heterocycles. The third kappa shape index (κ3) is 16.1. The van der Waals surface area contributed by atoms with Crippen LogP contribution in [0.15, 0.2) is 59.4 Å². The van der Waals surface area contributed by atoms with Crippen molar-refractivity contribution in [2.24, 2.45) is 10.3 Å². The molecular weight excluding hydrogens is 440 g/mol. The highest BCUT2D eigenvalue weighted by Gasteiger charge is 2.07. The van der Waals surface area contributed by atoms with E-state index in [0.29, 0.717) is 12.9 Å². The van der Waals surface area contributed by atoms with Gasteiger partial charge < -0.3 is 19.5 Å². The lowest BCUT2D eigenvalue weighted by Crippen LogP contribution is -2.50. The number of hydrogen-bond donors (Lipinski definition) is 2. The van der Waals surface area contributed by atoms with E-state index in [1.165, 1.54) is 19.4 Å². The van der Waals surface area contributed by atoms with E-state index in [-0.39, 0.29) is 5.75 Å². The second kappa shape index (κ2) is 13.3. The van der Waals surface area contributed by atoms with E-state index in [0.717, 1.165) is 11.1 Å². The standard InChI is InChI=1S/C13H12N4O2.C2H6O3S.CH4O3S/c18-14-9-12-1-5-16(6-2-12)11-17-7-3-13(4-8-17)10-15-19;1-2-6(3,4)5;1-5(2,3)4/h1-10H,11H2;2H2,1H3,(H,3,4,5);1H3,(H,2,3,4). The van der Waals surface area contributed by atoms with Crippen LogP contribution in [0, 0.1) is 0 Å². The first-order valence-corrected chi connectivity index (χ1v) is 11.4. The number of pyridine rings is 2. The highest BCUT2D eigenvalue weighted by Crippen LogP contribution is 1.91. The molecule has 2 heterocycles. The van der Waals surface area contributed by atoms with Crippen LogP contribution in [0.5, 0.6) is 0 Å². The number of rotatable bonds is 5. The van der Waals surface area contributed by atoms with E-state index < -0.39 is 20.2 Å². The number of hydrogen-bond acceptors (Lipinski definition) is 10. The minimum absolute atomic E-state index is 0.312. The molecule has 0 spiro atoms. The monoisotopic (exact) mass is 462 g/mol. The molecule has 166 valence electrons. The Hall–Kier alpha value is -2.94. The summed E-state index contributed by atoms with van der Waals surface area (Å²) in [6, 6.07) is 7.42. The molecule has 0 atom stereocenters. The van der Waals surface area contributed by atoms with Gasteiger partial charge in [-0.3, -0.25) is 0 Å². The minimum atomic E-state index is -3.92. The third-order valence-corrected chi connectivity index (χ3v) is 3.63. The maximum atomic E-state index is 9.44. The van der Waals surface area contributed by atoms with Crippen molar-refractivity contribution in [3.8, 4) is 0 Å². The molecule has 0 fully saturated rings. The van der Waals surface area contributed by atoms with Crippen LogP contribution in [0.2, 0.25) is 0 Å². The number of oxime groups is 2. The molecule has 2 N–H and O–H groups in total. The van der Waals surface area contributed by atoms with Crippen molar-refractivity contribution in [2.45, 2.75) is 13.6 Å². The minimum Gasteiger partial charge on any atom is -0.748 e. The topological polar surface area (TPSA) is 187 Å². The molecule has 2 aromatic heterocycles. The molecule has 0 aliphatic rings. The van der Waals surface area contributed by atoms with Crippen LogP contribution in [0.4, 0.5) is 0 Å². The van der Waals surface area contributed by atoms with Crippen LogP contribution >= 0.6 is 0 Å². The maximum Gasteiger partial charge on any atom is 0.343 e. The van der Waals surface area contributed by atoms with Crippen molar-refractivity contribution in [1.29, 1.82) is 0 Å². The molecule has 0 radical (unpaired) electrons. The Morgan fingerprint density at radius 3 is 1.33 bits per heavy atom. The molecule has 0 unspecified atom stereocenters. The summed E-state index contributed by atoms with van der Waals surface area (Å²) in [5.74, 6) is -0.312. The predicted molar refractivity (Wildman–Crippen MR) is 103 cm³/mol. The lowest BCUT2D eigenvalue weighted by atomic mass is 10.3. The zero-order chi connectivity index (χ0) is 23.2. The van der Waals surface area contributed by atoms with E-state index >= 15 is 0 Å². The Kier molecular flexibility index (Phi) is 12.0. The summed E-state index contributed by atoms with van der Waals surface area (Å²) in [5, 5.41) is 22.8. The van der Waals surface area contributed by atoms with E-state index in [1.807, 2.05) is 58.2 Å². The Bertz CT molecular complexity index is 958. The summed E-state index contributed by atoms with van der Waals surface area (Å²) in [7, 11) is -7.83. The van der Waals surface area contributed by atoms with Gasteiger partial charge in [-0.25, -0.2) is 16.8 Å². The molecule has 12 nitrogen and oxygen atoms in total. The fraction of sp³-hybridized carbons (Fsp3) is 0.250. The highest BCUT2D eigenvalue weighted by molar-refractivity contribution is 7.85. The smallest absolute Gasteiger partial charge is 0.343 e. The van der Waals surface area contributed by atoms with Gasteiger partial charge in [-0.2, -0.15) is 0 Å². The first-order valence-electron chi connectivity index (χ1n) is 8.05. The largest absolute Gasteiger partial charge is 0.748 e. The van der Waals surface area contributed by atoms with Gasteiger partial charge in [0, 0.05) is 47.4 Å². The molecule has 0 aliphatic heterocycles. The van der Waals surface area contributed by atoms with Crippen LogP contribution in [0.1, 0.15) is 18.1 Å². The lowest BCUT2D eigenvalue weighted by Gasteiger charge is -1.97. The summed E-state index contributed by atoms with van der Waals surface area (Å²) < 4.78 is 59.5. The van der Waals surface area contributed by atoms with Crippen LogP contribution in [-0.4, -0.2) is 60.8 Å². The molecular formula is C16H22N4O8S2. The quantitative estimate of drug-likeness (QED) is 0.188. The van der Waals surface area contributed by atoms with E-state index in [9.17, 15) is 13.0 Å². The van der Waals surface area contributed by atoms with Crippen LogP contribution in [0.3, 0.4) is 0 Å². The highest BCUT2D eigenvalue weighted by atomic mass is 32.2. The van der Waals surface area contributed by atoms with Gasteiger partial charge in [0.15, 0.2) is 24.8 Å². The first-order chi connectivity index (χ1) is 13.9. The van der Waals surface area contributed by atoms with Gasteiger partial charge in [-0.1, -0.05) is 17.2 Å². The lowest BCUT2D eigenvalue weighted by molar-refractivity contribution is -0.913. The van der Waals surface area contributed by atoms with E-state index in [4.69, 9.17) is 23.4 Å². The average Bonchev–Trinajstić information content (AvgIpc) is 2.64. The predicted octanol–water partition coefficient (Wildman–Crippen LogP) is -0.903. The van der Waals surface area contributed by atoms with Crippen LogP contribution < -0.4 is 9.13 Å². The van der Waals surface area contributed by atoms with Gasteiger partial charge in [-0.05, 0) is 0 Å².